The van der Waals surface area contributed by atoms with Crippen LogP contribution in [0.15, 0.2) is 48.5 Å². The van der Waals surface area contributed by atoms with Gasteiger partial charge in [0.25, 0.3) is 0 Å². The lowest BCUT2D eigenvalue weighted by molar-refractivity contribution is 0.142. The van der Waals surface area contributed by atoms with Gasteiger partial charge in [0, 0.05) is 11.6 Å². The van der Waals surface area contributed by atoms with Gasteiger partial charge in [0.1, 0.15) is 5.75 Å². The van der Waals surface area contributed by atoms with E-state index in [1.807, 2.05) is 55.6 Å². The highest BCUT2D eigenvalue weighted by molar-refractivity contribution is 6.31. The van der Waals surface area contributed by atoms with Crippen molar-refractivity contribution in [1.29, 1.82) is 0 Å². The Kier molecular flexibility index (Phi) is 5.62. The van der Waals surface area contributed by atoms with Gasteiger partial charge in [-0.1, -0.05) is 41.9 Å². The Morgan fingerprint density at radius 2 is 1.81 bits per heavy atom. The van der Waals surface area contributed by atoms with Crippen LogP contribution in [-0.2, 0) is 6.54 Å². The predicted octanol–water partition coefficient (Wildman–Crippen LogP) is 3.51. The lowest BCUT2D eigenvalue weighted by Gasteiger charge is -2.27. The molecule has 3 nitrogen and oxygen atoms in total. The molecule has 112 valence electrons. The zero-order valence-corrected chi connectivity index (χ0v) is 13.0. The number of benzene rings is 2. The predicted molar refractivity (Wildman–Crippen MR) is 85.7 cm³/mol. The number of aliphatic hydroxyl groups is 1. The standard InChI is InChI=1S/C17H20ClNO2/c1-19(11-14-5-3-4-6-16(14)18)17(12-20)13-7-9-15(21-2)10-8-13/h3-10,17,20H,11-12H2,1-2H3. The summed E-state index contributed by atoms with van der Waals surface area (Å²) in [5.74, 6) is 0.809. The fourth-order valence-corrected chi connectivity index (χ4v) is 2.53. The molecule has 0 amide bonds. The van der Waals surface area contributed by atoms with Gasteiger partial charge in [-0.15, -0.1) is 0 Å². The van der Waals surface area contributed by atoms with Crippen LogP contribution in [0.4, 0.5) is 0 Å². The third-order valence-corrected chi connectivity index (χ3v) is 3.95. The Morgan fingerprint density at radius 1 is 1.14 bits per heavy atom. The van der Waals surface area contributed by atoms with E-state index in [1.54, 1.807) is 7.11 Å². The maximum Gasteiger partial charge on any atom is 0.118 e. The topological polar surface area (TPSA) is 32.7 Å². The Hall–Kier alpha value is -1.55. The molecule has 2 aromatic carbocycles. The second-order valence-electron chi connectivity index (χ2n) is 4.98. The van der Waals surface area contributed by atoms with Crippen LogP contribution >= 0.6 is 11.6 Å². The van der Waals surface area contributed by atoms with Gasteiger partial charge in [0.05, 0.1) is 19.8 Å². The molecule has 0 heterocycles. The molecule has 0 aliphatic rings. The molecule has 0 saturated carbocycles. The number of ether oxygens (including phenoxy) is 1. The van der Waals surface area contributed by atoms with Crippen molar-refractivity contribution in [3.8, 4) is 5.75 Å². The molecular weight excluding hydrogens is 286 g/mol. The van der Waals surface area contributed by atoms with Crippen molar-refractivity contribution in [3.63, 3.8) is 0 Å². The van der Waals surface area contributed by atoms with Crippen molar-refractivity contribution < 1.29 is 9.84 Å². The number of likely N-dealkylation sites (N-methyl/N-ethyl adjacent to an activating group) is 1. The van der Waals surface area contributed by atoms with Crippen molar-refractivity contribution >= 4 is 11.6 Å². The molecule has 21 heavy (non-hydrogen) atoms. The largest absolute Gasteiger partial charge is 0.497 e. The summed E-state index contributed by atoms with van der Waals surface area (Å²) < 4.78 is 5.16. The molecule has 0 fully saturated rings. The third kappa shape index (κ3) is 3.97. The minimum absolute atomic E-state index is 0.0489. The molecule has 0 aromatic heterocycles. The lowest BCUT2D eigenvalue weighted by Crippen LogP contribution is -2.27. The maximum absolute atomic E-state index is 9.72. The molecule has 1 unspecified atom stereocenters. The van der Waals surface area contributed by atoms with Crippen LogP contribution in [0.5, 0.6) is 5.75 Å². The van der Waals surface area contributed by atoms with Gasteiger partial charge < -0.3 is 9.84 Å². The molecule has 0 bridgehead atoms. The van der Waals surface area contributed by atoms with E-state index in [1.165, 1.54) is 0 Å². The highest BCUT2D eigenvalue weighted by Gasteiger charge is 2.17. The first-order valence-electron chi connectivity index (χ1n) is 6.84. The third-order valence-electron chi connectivity index (χ3n) is 3.58. The van der Waals surface area contributed by atoms with Gasteiger partial charge in [0.2, 0.25) is 0 Å². The maximum atomic E-state index is 9.72. The van der Waals surface area contributed by atoms with Crippen LogP contribution in [0, 0.1) is 0 Å². The van der Waals surface area contributed by atoms with Gasteiger partial charge in [-0.3, -0.25) is 4.90 Å². The van der Waals surface area contributed by atoms with Crippen molar-refractivity contribution in [2.24, 2.45) is 0 Å². The molecule has 1 N–H and O–H groups in total. The van der Waals surface area contributed by atoms with Gasteiger partial charge in [-0.05, 0) is 36.4 Å². The van der Waals surface area contributed by atoms with Crippen LogP contribution < -0.4 is 4.74 Å². The number of methoxy groups -OCH3 is 1. The molecule has 4 heteroatoms. The Morgan fingerprint density at radius 3 is 2.38 bits per heavy atom. The van der Waals surface area contributed by atoms with Crippen LogP contribution in [0.25, 0.3) is 0 Å². The van der Waals surface area contributed by atoms with Crippen LogP contribution in [0.1, 0.15) is 17.2 Å². The van der Waals surface area contributed by atoms with E-state index >= 15 is 0 Å². The zero-order chi connectivity index (χ0) is 15.2. The molecule has 0 radical (unpaired) electrons. The second-order valence-corrected chi connectivity index (χ2v) is 5.39. The van der Waals surface area contributed by atoms with Crippen LogP contribution in [-0.4, -0.2) is 30.8 Å². The van der Waals surface area contributed by atoms with E-state index in [0.29, 0.717) is 6.54 Å². The highest BCUT2D eigenvalue weighted by Crippen LogP contribution is 2.25. The quantitative estimate of drug-likeness (QED) is 0.886. The number of nitrogens with zero attached hydrogens (tertiary/aromatic N) is 1. The Bertz CT molecular complexity index is 571. The first-order valence-corrected chi connectivity index (χ1v) is 7.22. The summed E-state index contributed by atoms with van der Waals surface area (Å²) in [6.07, 6.45) is 0. The van der Waals surface area contributed by atoms with E-state index in [4.69, 9.17) is 16.3 Å². The van der Waals surface area contributed by atoms with E-state index < -0.39 is 0 Å². The average molecular weight is 306 g/mol. The summed E-state index contributed by atoms with van der Waals surface area (Å²) in [6.45, 7) is 0.726. The Labute approximate surface area is 130 Å². The number of aliphatic hydroxyl groups excluding tert-OH is 1. The second kappa shape index (κ2) is 7.46. The number of halogens is 1. The summed E-state index contributed by atoms with van der Waals surface area (Å²) in [7, 11) is 3.62. The number of hydrogen-bond acceptors (Lipinski definition) is 3. The van der Waals surface area contributed by atoms with Gasteiger partial charge in [-0.2, -0.15) is 0 Å². The van der Waals surface area contributed by atoms with Gasteiger partial charge in [-0.25, -0.2) is 0 Å². The Balaban J connectivity index is 2.14. The van der Waals surface area contributed by atoms with E-state index in [-0.39, 0.29) is 12.6 Å². The molecule has 2 aromatic rings. The highest BCUT2D eigenvalue weighted by atomic mass is 35.5. The number of rotatable bonds is 6. The van der Waals surface area contributed by atoms with Gasteiger partial charge in [0.15, 0.2) is 0 Å². The fourth-order valence-electron chi connectivity index (χ4n) is 2.33. The van der Waals surface area contributed by atoms with Crippen molar-refractivity contribution in [1.82, 2.24) is 4.90 Å². The average Bonchev–Trinajstić information content (AvgIpc) is 2.51. The molecular formula is C17H20ClNO2. The molecule has 0 saturated heterocycles. The van der Waals surface area contributed by atoms with Crippen molar-refractivity contribution in [2.45, 2.75) is 12.6 Å². The molecule has 0 aliphatic carbocycles. The van der Waals surface area contributed by atoms with Crippen molar-refractivity contribution in [3.05, 3.63) is 64.7 Å². The summed E-state index contributed by atoms with van der Waals surface area (Å²) in [5, 5.41) is 10.5. The lowest BCUT2D eigenvalue weighted by atomic mass is 10.1. The minimum Gasteiger partial charge on any atom is -0.497 e. The minimum atomic E-state index is -0.0767. The van der Waals surface area contributed by atoms with E-state index in [2.05, 4.69) is 4.90 Å². The number of hydrogen-bond donors (Lipinski definition) is 1. The summed E-state index contributed by atoms with van der Waals surface area (Å²) in [6, 6.07) is 15.4. The molecule has 1 atom stereocenters. The SMILES string of the molecule is COc1ccc(C(CO)N(C)Cc2ccccc2Cl)cc1. The summed E-state index contributed by atoms with van der Waals surface area (Å²) in [5.41, 5.74) is 2.10. The molecule has 2 rings (SSSR count). The zero-order valence-electron chi connectivity index (χ0n) is 12.3. The van der Waals surface area contributed by atoms with E-state index in [0.717, 1.165) is 21.9 Å². The van der Waals surface area contributed by atoms with Crippen LogP contribution in [0.2, 0.25) is 5.02 Å². The van der Waals surface area contributed by atoms with Crippen molar-refractivity contribution in [2.75, 3.05) is 20.8 Å². The first-order chi connectivity index (χ1) is 10.2. The van der Waals surface area contributed by atoms with E-state index in [9.17, 15) is 5.11 Å². The summed E-state index contributed by atoms with van der Waals surface area (Å²) >= 11 is 6.20. The van der Waals surface area contributed by atoms with Gasteiger partial charge >= 0.3 is 0 Å². The molecule has 0 aliphatic heterocycles. The monoisotopic (exact) mass is 305 g/mol. The van der Waals surface area contributed by atoms with Crippen LogP contribution in [0.3, 0.4) is 0 Å². The normalized spacial score (nSPS) is 12.4. The first kappa shape index (κ1) is 15.8. The fraction of sp³-hybridized carbons (Fsp3) is 0.294. The summed E-state index contributed by atoms with van der Waals surface area (Å²) in [4.78, 5) is 2.09. The molecule has 0 spiro atoms. The smallest absolute Gasteiger partial charge is 0.118 e.